The molecular weight excluding hydrogens is 229 g/mol. The summed E-state index contributed by atoms with van der Waals surface area (Å²) in [6, 6.07) is 7.51. The van der Waals surface area contributed by atoms with Crippen LogP contribution in [0.4, 0.5) is 10.1 Å². The Hall–Kier alpha value is -1.13. The average molecular weight is 251 g/mol. The van der Waals surface area contributed by atoms with Gasteiger partial charge in [0.1, 0.15) is 5.82 Å². The number of piperazine rings is 1. The Bertz CT molecular complexity index is 383. The average Bonchev–Trinajstić information content (AvgIpc) is 2.38. The van der Waals surface area contributed by atoms with E-state index in [1.165, 1.54) is 6.07 Å². The molecule has 1 N–H and O–H groups in total. The zero-order valence-electron chi connectivity index (χ0n) is 11.2. The van der Waals surface area contributed by atoms with Gasteiger partial charge in [-0.05, 0) is 26.1 Å². The SMILES string of the molecule is CNCCN1CCN(c2ccccc2F)CC1C. The summed E-state index contributed by atoms with van der Waals surface area (Å²) in [6.07, 6.45) is 0. The third kappa shape index (κ3) is 3.00. The minimum Gasteiger partial charge on any atom is -0.366 e. The van der Waals surface area contributed by atoms with E-state index in [0.717, 1.165) is 38.4 Å². The molecule has 0 bridgehead atoms. The van der Waals surface area contributed by atoms with Crippen molar-refractivity contribution in [1.29, 1.82) is 0 Å². The molecule has 0 spiro atoms. The quantitative estimate of drug-likeness (QED) is 0.876. The number of hydrogen-bond donors (Lipinski definition) is 1. The zero-order valence-corrected chi connectivity index (χ0v) is 11.2. The second-order valence-corrected chi connectivity index (χ2v) is 4.89. The number of para-hydroxylation sites is 1. The lowest BCUT2D eigenvalue weighted by Crippen LogP contribution is -2.53. The predicted molar refractivity (Wildman–Crippen MR) is 73.6 cm³/mol. The van der Waals surface area contributed by atoms with Gasteiger partial charge in [0, 0.05) is 38.8 Å². The highest BCUT2D eigenvalue weighted by molar-refractivity contribution is 5.48. The molecule has 1 fully saturated rings. The summed E-state index contributed by atoms with van der Waals surface area (Å²) in [5.41, 5.74) is 0.734. The van der Waals surface area contributed by atoms with Crippen molar-refractivity contribution in [1.82, 2.24) is 10.2 Å². The van der Waals surface area contributed by atoms with E-state index in [9.17, 15) is 4.39 Å². The summed E-state index contributed by atoms with van der Waals surface area (Å²) in [4.78, 5) is 4.60. The molecule has 1 heterocycles. The van der Waals surface area contributed by atoms with Crippen LogP contribution in [0.25, 0.3) is 0 Å². The molecule has 0 aromatic heterocycles. The molecule has 0 aliphatic carbocycles. The van der Waals surface area contributed by atoms with E-state index in [0.29, 0.717) is 6.04 Å². The van der Waals surface area contributed by atoms with Crippen molar-refractivity contribution in [2.45, 2.75) is 13.0 Å². The third-order valence-electron chi connectivity index (χ3n) is 3.61. The van der Waals surface area contributed by atoms with Crippen LogP contribution in [0.15, 0.2) is 24.3 Å². The summed E-state index contributed by atoms with van der Waals surface area (Å²) in [5.74, 6) is -0.117. The lowest BCUT2D eigenvalue weighted by Gasteiger charge is -2.41. The molecule has 18 heavy (non-hydrogen) atoms. The van der Waals surface area contributed by atoms with Crippen molar-refractivity contribution >= 4 is 5.69 Å². The Balaban J connectivity index is 1.98. The first kappa shape index (κ1) is 13.3. The van der Waals surface area contributed by atoms with E-state index < -0.39 is 0 Å². The lowest BCUT2D eigenvalue weighted by atomic mass is 10.1. The van der Waals surface area contributed by atoms with Gasteiger partial charge in [-0.25, -0.2) is 4.39 Å². The minimum atomic E-state index is -0.117. The first-order valence-electron chi connectivity index (χ1n) is 6.60. The minimum absolute atomic E-state index is 0.117. The molecule has 4 heteroatoms. The van der Waals surface area contributed by atoms with Crippen LogP contribution in [-0.2, 0) is 0 Å². The molecule has 1 atom stereocenters. The van der Waals surface area contributed by atoms with Crippen LogP contribution in [0.1, 0.15) is 6.92 Å². The number of rotatable bonds is 4. The smallest absolute Gasteiger partial charge is 0.146 e. The number of nitrogens with one attached hydrogen (secondary N) is 1. The molecule has 0 saturated carbocycles. The summed E-state index contributed by atoms with van der Waals surface area (Å²) in [6.45, 7) is 7.06. The predicted octanol–water partition coefficient (Wildman–Crippen LogP) is 1.56. The number of hydrogen-bond acceptors (Lipinski definition) is 3. The molecule has 1 unspecified atom stereocenters. The molecule has 1 saturated heterocycles. The number of halogens is 1. The summed E-state index contributed by atoms with van der Waals surface area (Å²) >= 11 is 0. The van der Waals surface area contributed by atoms with Gasteiger partial charge in [0.25, 0.3) is 0 Å². The normalized spacial score (nSPS) is 21.3. The van der Waals surface area contributed by atoms with Gasteiger partial charge in [0.2, 0.25) is 0 Å². The van der Waals surface area contributed by atoms with Crippen LogP contribution in [0.3, 0.4) is 0 Å². The van der Waals surface area contributed by atoms with E-state index in [2.05, 4.69) is 22.0 Å². The topological polar surface area (TPSA) is 18.5 Å². The van der Waals surface area contributed by atoms with Crippen LogP contribution >= 0.6 is 0 Å². The van der Waals surface area contributed by atoms with E-state index in [1.54, 1.807) is 6.07 Å². The Morgan fingerprint density at radius 1 is 1.33 bits per heavy atom. The standard InChI is InChI=1S/C14H22FN3/c1-12-11-18(10-9-17(12)8-7-16-2)14-6-4-3-5-13(14)15/h3-6,12,16H,7-11H2,1-2H3. The van der Waals surface area contributed by atoms with Gasteiger partial charge in [0.05, 0.1) is 5.69 Å². The Morgan fingerprint density at radius 3 is 2.78 bits per heavy atom. The number of nitrogens with zero attached hydrogens (tertiary/aromatic N) is 2. The second-order valence-electron chi connectivity index (χ2n) is 4.89. The molecular formula is C14H22FN3. The summed E-state index contributed by atoms with van der Waals surface area (Å²) in [7, 11) is 1.97. The number of anilines is 1. The Kier molecular flexibility index (Phi) is 4.55. The van der Waals surface area contributed by atoms with E-state index in [-0.39, 0.29) is 5.82 Å². The van der Waals surface area contributed by atoms with Crippen LogP contribution in [-0.4, -0.2) is 50.7 Å². The van der Waals surface area contributed by atoms with Crippen molar-refractivity contribution in [3.05, 3.63) is 30.1 Å². The Morgan fingerprint density at radius 2 is 2.11 bits per heavy atom. The van der Waals surface area contributed by atoms with E-state index >= 15 is 0 Å². The van der Waals surface area contributed by atoms with Gasteiger partial charge < -0.3 is 10.2 Å². The second kappa shape index (κ2) is 6.16. The molecule has 100 valence electrons. The lowest BCUT2D eigenvalue weighted by molar-refractivity contribution is 0.191. The van der Waals surface area contributed by atoms with Gasteiger partial charge >= 0.3 is 0 Å². The fourth-order valence-electron chi connectivity index (χ4n) is 2.51. The maximum Gasteiger partial charge on any atom is 0.146 e. The van der Waals surface area contributed by atoms with Crippen LogP contribution in [0.5, 0.6) is 0 Å². The van der Waals surface area contributed by atoms with Gasteiger partial charge in [-0.3, -0.25) is 4.90 Å². The van der Waals surface area contributed by atoms with Crippen LogP contribution < -0.4 is 10.2 Å². The van der Waals surface area contributed by atoms with E-state index in [1.807, 2.05) is 19.2 Å². The van der Waals surface area contributed by atoms with Crippen molar-refractivity contribution in [3.8, 4) is 0 Å². The van der Waals surface area contributed by atoms with Crippen molar-refractivity contribution in [2.24, 2.45) is 0 Å². The fraction of sp³-hybridized carbons (Fsp3) is 0.571. The largest absolute Gasteiger partial charge is 0.366 e. The Labute approximate surface area is 109 Å². The van der Waals surface area contributed by atoms with Crippen molar-refractivity contribution in [3.63, 3.8) is 0 Å². The van der Waals surface area contributed by atoms with Crippen molar-refractivity contribution < 1.29 is 4.39 Å². The molecule has 2 rings (SSSR count). The van der Waals surface area contributed by atoms with Crippen LogP contribution in [0, 0.1) is 5.82 Å². The van der Waals surface area contributed by atoms with Gasteiger partial charge in [-0.1, -0.05) is 12.1 Å². The maximum absolute atomic E-state index is 13.7. The van der Waals surface area contributed by atoms with Crippen LogP contribution in [0.2, 0.25) is 0 Å². The highest BCUT2D eigenvalue weighted by atomic mass is 19.1. The molecule has 1 aromatic rings. The molecule has 0 amide bonds. The molecule has 1 aliphatic heterocycles. The number of benzene rings is 1. The number of likely N-dealkylation sites (N-methyl/N-ethyl adjacent to an activating group) is 1. The van der Waals surface area contributed by atoms with Crippen molar-refractivity contribution in [2.75, 3.05) is 44.7 Å². The first-order valence-corrected chi connectivity index (χ1v) is 6.60. The monoisotopic (exact) mass is 251 g/mol. The summed E-state index contributed by atoms with van der Waals surface area (Å²) in [5, 5.41) is 3.17. The maximum atomic E-state index is 13.7. The van der Waals surface area contributed by atoms with Gasteiger partial charge in [0.15, 0.2) is 0 Å². The van der Waals surface area contributed by atoms with Gasteiger partial charge in [-0.15, -0.1) is 0 Å². The highest BCUT2D eigenvalue weighted by Crippen LogP contribution is 2.21. The summed E-state index contributed by atoms with van der Waals surface area (Å²) < 4.78 is 13.7. The molecule has 3 nitrogen and oxygen atoms in total. The fourth-order valence-corrected chi connectivity index (χ4v) is 2.51. The molecule has 0 radical (unpaired) electrons. The highest BCUT2D eigenvalue weighted by Gasteiger charge is 2.24. The van der Waals surface area contributed by atoms with Gasteiger partial charge in [-0.2, -0.15) is 0 Å². The third-order valence-corrected chi connectivity index (χ3v) is 3.61. The molecule has 1 aromatic carbocycles. The zero-order chi connectivity index (χ0) is 13.0. The first-order chi connectivity index (χ1) is 8.72. The molecule has 1 aliphatic rings. The van der Waals surface area contributed by atoms with E-state index in [4.69, 9.17) is 0 Å².